The lowest BCUT2D eigenvalue weighted by atomic mass is 10.1. The van der Waals surface area contributed by atoms with E-state index in [1.165, 1.54) is 44.6 Å². The minimum Gasteiger partial charge on any atom is -0.366 e. The van der Waals surface area contributed by atoms with Crippen LogP contribution in [-0.2, 0) is 0 Å². The molecule has 2 saturated heterocycles. The number of nitrogens with zero attached hydrogens (tertiary/aromatic N) is 3. The van der Waals surface area contributed by atoms with Crippen LogP contribution in [0.25, 0.3) is 0 Å². The van der Waals surface area contributed by atoms with Gasteiger partial charge in [-0.15, -0.1) is 0 Å². The van der Waals surface area contributed by atoms with Gasteiger partial charge in [-0.2, -0.15) is 0 Å². The monoisotopic (exact) mass is 231 g/mol. The number of hydrogen-bond donors (Lipinski definition) is 0. The Morgan fingerprint density at radius 2 is 2.06 bits per heavy atom. The Labute approximate surface area is 103 Å². The molecule has 3 heteroatoms. The summed E-state index contributed by atoms with van der Waals surface area (Å²) in [5.41, 5.74) is 2.41. The molecular weight excluding hydrogens is 210 g/mol. The maximum Gasteiger partial charge on any atom is 0.0555 e. The van der Waals surface area contributed by atoms with Crippen LogP contribution in [-0.4, -0.2) is 42.1 Å². The number of anilines is 1. The van der Waals surface area contributed by atoms with Gasteiger partial charge in [0.05, 0.1) is 11.9 Å². The Morgan fingerprint density at radius 1 is 1.12 bits per heavy atom. The zero-order valence-corrected chi connectivity index (χ0v) is 10.6. The molecule has 0 spiro atoms. The lowest BCUT2D eigenvalue weighted by Crippen LogP contribution is -2.39. The predicted octanol–water partition coefficient (Wildman–Crippen LogP) is 2.06. The van der Waals surface area contributed by atoms with E-state index in [-0.39, 0.29) is 0 Å². The van der Waals surface area contributed by atoms with Crippen LogP contribution in [0, 0.1) is 6.92 Å². The second-order valence-electron chi connectivity index (χ2n) is 5.28. The summed E-state index contributed by atoms with van der Waals surface area (Å²) in [4.78, 5) is 9.62. The topological polar surface area (TPSA) is 19.4 Å². The van der Waals surface area contributed by atoms with Gasteiger partial charge in [0, 0.05) is 31.4 Å². The average Bonchev–Trinajstić information content (AvgIpc) is 2.65. The van der Waals surface area contributed by atoms with Crippen molar-refractivity contribution in [1.82, 2.24) is 9.88 Å². The van der Waals surface area contributed by atoms with Crippen LogP contribution in [0.2, 0.25) is 0 Å². The van der Waals surface area contributed by atoms with E-state index >= 15 is 0 Å². The first-order valence-electron chi connectivity index (χ1n) is 6.74. The molecule has 2 atom stereocenters. The highest BCUT2D eigenvalue weighted by Crippen LogP contribution is 2.25. The second kappa shape index (κ2) is 4.65. The fraction of sp³-hybridized carbons (Fsp3) is 0.643. The minimum absolute atomic E-state index is 0.729. The molecule has 2 aliphatic rings. The van der Waals surface area contributed by atoms with Crippen LogP contribution in [0.15, 0.2) is 18.3 Å². The van der Waals surface area contributed by atoms with Crippen molar-refractivity contribution in [3.8, 4) is 0 Å². The van der Waals surface area contributed by atoms with E-state index < -0.39 is 0 Å². The quantitative estimate of drug-likeness (QED) is 0.737. The van der Waals surface area contributed by atoms with Crippen molar-refractivity contribution in [2.75, 3.05) is 31.1 Å². The van der Waals surface area contributed by atoms with E-state index in [1.807, 2.05) is 6.20 Å². The summed E-state index contributed by atoms with van der Waals surface area (Å²) in [6, 6.07) is 5.08. The number of aryl methyl sites for hydroxylation is 1. The summed E-state index contributed by atoms with van der Waals surface area (Å²) in [6.45, 7) is 7.01. The van der Waals surface area contributed by atoms with Crippen molar-refractivity contribution < 1.29 is 0 Å². The van der Waals surface area contributed by atoms with Crippen molar-refractivity contribution in [1.29, 1.82) is 0 Å². The van der Waals surface area contributed by atoms with Gasteiger partial charge in [0.2, 0.25) is 0 Å². The Bertz CT molecular complexity index is 374. The maximum atomic E-state index is 4.44. The van der Waals surface area contributed by atoms with Gasteiger partial charge in [-0.1, -0.05) is 0 Å². The first-order chi connectivity index (χ1) is 8.33. The van der Waals surface area contributed by atoms with Crippen LogP contribution >= 0.6 is 0 Å². The van der Waals surface area contributed by atoms with Gasteiger partial charge >= 0.3 is 0 Å². The van der Waals surface area contributed by atoms with Crippen LogP contribution in [0.3, 0.4) is 0 Å². The number of pyridine rings is 1. The van der Waals surface area contributed by atoms with Gasteiger partial charge in [-0.05, 0) is 44.9 Å². The lowest BCUT2D eigenvalue weighted by molar-refractivity contribution is 0.298. The molecule has 2 aliphatic heterocycles. The van der Waals surface area contributed by atoms with Gasteiger partial charge in [-0.3, -0.25) is 4.98 Å². The highest BCUT2D eigenvalue weighted by molar-refractivity contribution is 5.46. The third kappa shape index (κ3) is 2.29. The van der Waals surface area contributed by atoms with Gasteiger partial charge in [0.1, 0.15) is 0 Å². The zero-order chi connectivity index (χ0) is 11.7. The second-order valence-corrected chi connectivity index (χ2v) is 5.28. The van der Waals surface area contributed by atoms with E-state index in [2.05, 4.69) is 33.8 Å². The van der Waals surface area contributed by atoms with Crippen molar-refractivity contribution in [3.63, 3.8) is 0 Å². The molecule has 0 amide bonds. The molecule has 0 N–H and O–H groups in total. The fourth-order valence-electron chi connectivity index (χ4n) is 3.08. The molecule has 3 heterocycles. The molecule has 0 aromatic carbocycles. The zero-order valence-electron chi connectivity index (χ0n) is 10.6. The third-order valence-corrected chi connectivity index (χ3v) is 4.12. The van der Waals surface area contributed by atoms with Crippen molar-refractivity contribution in [2.24, 2.45) is 0 Å². The molecular formula is C14H21N3. The van der Waals surface area contributed by atoms with E-state index in [0.717, 1.165) is 18.3 Å². The molecule has 0 aliphatic carbocycles. The SMILES string of the molecule is Cc1ccc(N2CCN3CCCC2CC3)cn1. The molecule has 2 fully saturated rings. The van der Waals surface area contributed by atoms with Crippen LogP contribution in [0.5, 0.6) is 0 Å². The maximum absolute atomic E-state index is 4.44. The Kier molecular flexibility index (Phi) is 3.02. The molecule has 3 nitrogen and oxygen atoms in total. The highest BCUT2D eigenvalue weighted by atomic mass is 15.2. The van der Waals surface area contributed by atoms with Gasteiger partial charge in [0.25, 0.3) is 0 Å². The molecule has 2 unspecified atom stereocenters. The van der Waals surface area contributed by atoms with E-state index in [0.29, 0.717) is 0 Å². The van der Waals surface area contributed by atoms with Gasteiger partial charge in [-0.25, -0.2) is 0 Å². The summed E-state index contributed by atoms with van der Waals surface area (Å²) in [6.07, 6.45) is 6.04. The molecule has 17 heavy (non-hydrogen) atoms. The molecule has 92 valence electrons. The highest BCUT2D eigenvalue weighted by Gasteiger charge is 2.27. The molecule has 3 rings (SSSR count). The number of hydrogen-bond acceptors (Lipinski definition) is 3. The van der Waals surface area contributed by atoms with Gasteiger partial charge < -0.3 is 9.80 Å². The summed E-state index contributed by atoms with van der Waals surface area (Å²) in [7, 11) is 0. The Balaban J connectivity index is 1.84. The Hall–Kier alpha value is -1.09. The summed E-state index contributed by atoms with van der Waals surface area (Å²) >= 11 is 0. The largest absolute Gasteiger partial charge is 0.366 e. The summed E-state index contributed by atoms with van der Waals surface area (Å²) < 4.78 is 0. The number of rotatable bonds is 1. The van der Waals surface area contributed by atoms with Crippen LogP contribution in [0.1, 0.15) is 25.0 Å². The molecule has 1 aromatic heterocycles. The Morgan fingerprint density at radius 3 is 2.88 bits per heavy atom. The first-order valence-corrected chi connectivity index (χ1v) is 6.74. The molecule has 2 bridgehead atoms. The predicted molar refractivity (Wildman–Crippen MR) is 70.4 cm³/mol. The minimum atomic E-state index is 0.729. The van der Waals surface area contributed by atoms with Crippen molar-refractivity contribution in [3.05, 3.63) is 24.0 Å². The first kappa shape index (κ1) is 11.0. The number of aromatic nitrogens is 1. The summed E-state index contributed by atoms with van der Waals surface area (Å²) in [5.74, 6) is 0. The van der Waals surface area contributed by atoms with Crippen molar-refractivity contribution >= 4 is 5.69 Å². The van der Waals surface area contributed by atoms with E-state index in [4.69, 9.17) is 0 Å². The normalized spacial score (nSPS) is 28.9. The van der Waals surface area contributed by atoms with E-state index in [1.54, 1.807) is 0 Å². The van der Waals surface area contributed by atoms with E-state index in [9.17, 15) is 0 Å². The standard InChI is InChI=1S/C14H21N3/c1-12-4-5-14(11-15-12)17-10-9-16-7-2-3-13(17)6-8-16/h4-5,11,13H,2-3,6-10H2,1H3. The van der Waals surface area contributed by atoms with Crippen LogP contribution in [0.4, 0.5) is 5.69 Å². The smallest absolute Gasteiger partial charge is 0.0555 e. The van der Waals surface area contributed by atoms with Gasteiger partial charge in [0.15, 0.2) is 0 Å². The average molecular weight is 231 g/mol. The third-order valence-electron chi connectivity index (χ3n) is 4.12. The van der Waals surface area contributed by atoms with Crippen LogP contribution < -0.4 is 4.90 Å². The summed E-state index contributed by atoms with van der Waals surface area (Å²) in [5, 5.41) is 0. The molecule has 0 radical (unpaired) electrons. The lowest BCUT2D eigenvalue weighted by Gasteiger charge is -2.33. The fourth-order valence-corrected chi connectivity index (χ4v) is 3.08. The number of fused-ring (bicyclic) bond motifs is 3. The van der Waals surface area contributed by atoms with Crippen molar-refractivity contribution in [2.45, 2.75) is 32.2 Å². The molecule has 1 aromatic rings. The molecule has 0 saturated carbocycles.